The lowest BCUT2D eigenvalue weighted by molar-refractivity contribution is -0.384. The topological polar surface area (TPSA) is 141 Å². The van der Waals surface area contributed by atoms with Crippen LogP contribution in [-0.2, 0) is 9.59 Å². The molecule has 1 fully saturated rings. The number of carbonyl (C=O) groups is 3. The monoisotopic (exact) mass is 571 g/mol. The molecular weight excluding hydrogens is 558 g/mol. The van der Waals surface area contributed by atoms with Crippen LogP contribution in [-0.4, -0.2) is 40.2 Å². The number of carbonyl (C=O) groups excluding carboxylic acids is 3. The molecule has 13 heteroatoms. The van der Waals surface area contributed by atoms with Crippen LogP contribution in [0.5, 0.6) is 11.5 Å². The highest BCUT2D eigenvalue weighted by atomic mass is 79.9. The van der Waals surface area contributed by atoms with Gasteiger partial charge in [0, 0.05) is 40.0 Å². The van der Waals surface area contributed by atoms with Crippen LogP contribution >= 0.6 is 27.7 Å². The van der Waals surface area contributed by atoms with Crippen LogP contribution in [0.4, 0.5) is 16.2 Å². The van der Waals surface area contributed by atoms with E-state index in [4.69, 9.17) is 13.9 Å². The summed E-state index contributed by atoms with van der Waals surface area (Å²) in [6, 6.07) is 12.3. The molecule has 3 heterocycles. The second kappa shape index (κ2) is 9.51. The average molecular weight is 572 g/mol. The molecular formula is C23H14BrN3O8S. The minimum Gasteiger partial charge on any atom is -0.457 e. The first kappa shape index (κ1) is 23.6. The van der Waals surface area contributed by atoms with E-state index in [1.807, 2.05) is 0 Å². The fourth-order valence-electron chi connectivity index (χ4n) is 3.48. The maximum Gasteiger partial charge on any atom is 0.294 e. The van der Waals surface area contributed by atoms with Crippen LogP contribution in [0.3, 0.4) is 0 Å². The number of benzene rings is 2. The summed E-state index contributed by atoms with van der Waals surface area (Å²) in [4.78, 5) is 49.0. The Balaban J connectivity index is 1.27. The maximum absolute atomic E-state index is 12.8. The Morgan fingerprint density at radius 3 is 2.72 bits per heavy atom. The Morgan fingerprint density at radius 2 is 1.94 bits per heavy atom. The predicted octanol–water partition coefficient (Wildman–Crippen LogP) is 5.02. The van der Waals surface area contributed by atoms with E-state index in [2.05, 4.69) is 21.2 Å². The number of thioether (sulfide) groups is 1. The van der Waals surface area contributed by atoms with Crippen LogP contribution in [0, 0.1) is 10.1 Å². The number of halogens is 1. The highest BCUT2D eigenvalue weighted by Crippen LogP contribution is 2.36. The number of ether oxygens (including phenoxy) is 2. The van der Waals surface area contributed by atoms with Crippen LogP contribution in [0.1, 0.15) is 5.76 Å². The zero-order valence-corrected chi connectivity index (χ0v) is 20.5. The van der Waals surface area contributed by atoms with Gasteiger partial charge in [0.25, 0.3) is 16.8 Å². The number of amides is 3. The Kier molecular flexibility index (Phi) is 6.24. The lowest BCUT2D eigenvalue weighted by Crippen LogP contribution is -2.36. The van der Waals surface area contributed by atoms with Crippen molar-refractivity contribution in [1.29, 1.82) is 0 Å². The van der Waals surface area contributed by atoms with Gasteiger partial charge in [-0.2, -0.15) is 0 Å². The molecule has 0 radical (unpaired) electrons. The molecule has 2 aromatic carbocycles. The number of non-ortho nitro benzene ring substituents is 1. The molecule has 182 valence electrons. The van der Waals surface area contributed by atoms with Crippen molar-refractivity contribution in [2.45, 2.75) is 0 Å². The molecule has 1 saturated heterocycles. The van der Waals surface area contributed by atoms with Crippen molar-refractivity contribution >= 4 is 62.2 Å². The van der Waals surface area contributed by atoms with Crippen molar-refractivity contribution < 1.29 is 33.2 Å². The van der Waals surface area contributed by atoms with E-state index in [1.165, 1.54) is 24.3 Å². The highest BCUT2D eigenvalue weighted by molar-refractivity contribution is 9.10. The zero-order valence-electron chi connectivity index (χ0n) is 18.1. The molecule has 36 heavy (non-hydrogen) atoms. The van der Waals surface area contributed by atoms with E-state index >= 15 is 0 Å². The van der Waals surface area contributed by atoms with Gasteiger partial charge in [-0.05, 0) is 58.0 Å². The zero-order chi connectivity index (χ0) is 25.4. The highest BCUT2D eigenvalue weighted by Gasteiger charge is 2.36. The molecule has 0 unspecified atom stereocenters. The molecule has 0 bridgehead atoms. The number of anilines is 1. The van der Waals surface area contributed by atoms with E-state index in [9.17, 15) is 24.5 Å². The van der Waals surface area contributed by atoms with Gasteiger partial charge in [0.15, 0.2) is 11.5 Å². The smallest absolute Gasteiger partial charge is 0.294 e. The average Bonchev–Trinajstić information content (AvgIpc) is 3.55. The number of furan rings is 1. The number of fused-ring (bicyclic) bond motifs is 1. The third-order valence-electron chi connectivity index (χ3n) is 5.16. The molecule has 0 atom stereocenters. The summed E-state index contributed by atoms with van der Waals surface area (Å²) in [7, 11) is 0. The van der Waals surface area contributed by atoms with E-state index in [-0.39, 0.29) is 17.4 Å². The summed E-state index contributed by atoms with van der Waals surface area (Å²) < 4.78 is 16.7. The van der Waals surface area contributed by atoms with Gasteiger partial charge in [-0.25, -0.2) is 0 Å². The number of imide groups is 1. The molecule has 1 aromatic heterocycles. The third kappa shape index (κ3) is 4.70. The standard InChI is InChI=1S/C23H14BrN3O8S/c24-16-8-13(27(31)32)2-4-15(16)17-6-3-14(35-17)9-20-22(29)26(23(30)36-20)10-21(28)25-12-1-5-18-19(7-12)34-11-33-18/h1-9H,10-11H2,(H,25,28)/b20-9+. The quantitative estimate of drug-likeness (QED) is 0.245. The van der Waals surface area contributed by atoms with Gasteiger partial charge in [0.1, 0.15) is 18.1 Å². The van der Waals surface area contributed by atoms with E-state index in [0.29, 0.717) is 50.5 Å². The minimum atomic E-state index is -0.625. The van der Waals surface area contributed by atoms with Crippen molar-refractivity contribution in [2.24, 2.45) is 0 Å². The van der Waals surface area contributed by atoms with Crippen molar-refractivity contribution in [3.63, 3.8) is 0 Å². The lowest BCUT2D eigenvalue weighted by Gasteiger charge is -2.12. The second-order valence-electron chi connectivity index (χ2n) is 7.51. The van der Waals surface area contributed by atoms with Gasteiger partial charge in [-0.15, -0.1) is 0 Å². The molecule has 0 aliphatic carbocycles. The Hall–Kier alpha value is -4.10. The summed E-state index contributed by atoms with van der Waals surface area (Å²) in [5, 5.41) is 13.0. The summed E-state index contributed by atoms with van der Waals surface area (Å²) >= 11 is 3.99. The summed E-state index contributed by atoms with van der Waals surface area (Å²) in [5.74, 6) is 0.573. The molecule has 2 aliphatic heterocycles. The number of hydrogen-bond donors (Lipinski definition) is 1. The van der Waals surface area contributed by atoms with Crippen molar-refractivity contribution in [1.82, 2.24) is 4.90 Å². The maximum atomic E-state index is 12.8. The Labute approximate surface area is 215 Å². The third-order valence-corrected chi connectivity index (χ3v) is 6.72. The van der Waals surface area contributed by atoms with E-state index in [1.54, 1.807) is 30.3 Å². The fourth-order valence-corrected chi connectivity index (χ4v) is 4.86. The molecule has 2 aliphatic rings. The molecule has 1 N–H and O–H groups in total. The van der Waals surface area contributed by atoms with Crippen LogP contribution in [0.25, 0.3) is 17.4 Å². The van der Waals surface area contributed by atoms with Crippen LogP contribution in [0.15, 0.2) is 62.3 Å². The number of hydrogen-bond acceptors (Lipinski definition) is 9. The second-order valence-corrected chi connectivity index (χ2v) is 9.35. The number of nitrogens with one attached hydrogen (secondary N) is 1. The SMILES string of the molecule is O=C(CN1C(=O)S/C(=C/c2ccc(-c3ccc([N+](=O)[O-])cc3Br)o2)C1=O)Nc1ccc2c(c1)OCO2. The van der Waals surface area contributed by atoms with E-state index < -0.39 is 28.5 Å². The summed E-state index contributed by atoms with van der Waals surface area (Å²) in [5.41, 5.74) is 0.939. The number of nitro benzene ring substituents is 1. The van der Waals surface area contributed by atoms with Gasteiger partial charge < -0.3 is 19.2 Å². The Morgan fingerprint density at radius 1 is 1.14 bits per heavy atom. The predicted molar refractivity (Wildman–Crippen MR) is 132 cm³/mol. The molecule has 3 amide bonds. The fraction of sp³-hybridized carbons (Fsp3) is 0.0870. The van der Waals surface area contributed by atoms with Crippen molar-refractivity contribution in [3.05, 3.63) is 73.8 Å². The molecule has 0 saturated carbocycles. The molecule has 11 nitrogen and oxygen atoms in total. The van der Waals surface area contributed by atoms with Gasteiger partial charge in [-0.1, -0.05) is 0 Å². The van der Waals surface area contributed by atoms with Crippen molar-refractivity contribution in [3.8, 4) is 22.8 Å². The van der Waals surface area contributed by atoms with Crippen molar-refractivity contribution in [2.75, 3.05) is 18.7 Å². The normalized spacial score (nSPS) is 15.6. The van der Waals surface area contributed by atoms with Crippen LogP contribution in [0.2, 0.25) is 0 Å². The minimum absolute atomic E-state index is 0.0753. The lowest BCUT2D eigenvalue weighted by atomic mass is 10.1. The Bertz CT molecular complexity index is 1470. The van der Waals surface area contributed by atoms with Gasteiger partial charge in [0.2, 0.25) is 12.7 Å². The van der Waals surface area contributed by atoms with E-state index in [0.717, 1.165) is 4.90 Å². The van der Waals surface area contributed by atoms with Gasteiger partial charge >= 0.3 is 0 Å². The summed E-state index contributed by atoms with van der Waals surface area (Å²) in [6.07, 6.45) is 1.41. The van der Waals surface area contributed by atoms with Gasteiger partial charge in [-0.3, -0.25) is 29.4 Å². The molecule has 5 rings (SSSR count). The first-order valence-electron chi connectivity index (χ1n) is 10.3. The number of rotatable bonds is 6. The first-order valence-corrected chi connectivity index (χ1v) is 11.9. The van der Waals surface area contributed by atoms with Crippen LogP contribution < -0.4 is 14.8 Å². The summed E-state index contributed by atoms with van der Waals surface area (Å²) in [6.45, 7) is -0.367. The number of nitro groups is 1. The number of nitrogens with zero attached hydrogens (tertiary/aromatic N) is 2. The largest absolute Gasteiger partial charge is 0.457 e. The van der Waals surface area contributed by atoms with Gasteiger partial charge in [0.05, 0.1) is 9.83 Å². The molecule has 0 spiro atoms. The first-order chi connectivity index (χ1) is 17.3. The molecule has 3 aromatic rings.